The number of piperazine rings is 1. The fourth-order valence-corrected chi connectivity index (χ4v) is 2.21. The highest BCUT2D eigenvalue weighted by molar-refractivity contribution is 5.69. The summed E-state index contributed by atoms with van der Waals surface area (Å²) in [5.74, 6) is -0.712. The third-order valence-electron chi connectivity index (χ3n) is 2.65. The molecule has 2 rings (SSSR count). The van der Waals surface area contributed by atoms with Gasteiger partial charge in [-0.25, -0.2) is 0 Å². The van der Waals surface area contributed by atoms with E-state index in [9.17, 15) is 4.79 Å². The maximum absolute atomic E-state index is 10.4. The Morgan fingerprint density at radius 2 is 2.00 bits per heavy atom. The molecular weight excluding hydrogens is 156 g/mol. The van der Waals surface area contributed by atoms with Gasteiger partial charge >= 0.3 is 5.97 Å². The summed E-state index contributed by atoms with van der Waals surface area (Å²) < 4.78 is 0. The van der Waals surface area contributed by atoms with Crippen LogP contribution in [-0.2, 0) is 4.79 Å². The molecule has 2 N–H and O–H groups in total. The average molecular weight is 170 g/mol. The lowest BCUT2D eigenvalue weighted by Crippen LogP contribution is -2.52. The first kappa shape index (κ1) is 8.01. The van der Waals surface area contributed by atoms with E-state index in [0.29, 0.717) is 12.1 Å². The Bertz CT molecular complexity index is 183. The van der Waals surface area contributed by atoms with Crippen molar-refractivity contribution in [2.24, 2.45) is 0 Å². The molecule has 0 aromatic carbocycles. The Balaban J connectivity index is 1.89. The second kappa shape index (κ2) is 3.03. The highest BCUT2D eigenvalue weighted by Crippen LogP contribution is 2.19. The molecule has 68 valence electrons. The normalized spacial score (nSPS) is 35.3. The van der Waals surface area contributed by atoms with Crippen LogP contribution < -0.4 is 5.32 Å². The zero-order valence-electron chi connectivity index (χ0n) is 6.99. The summed E-state index contributed by atoms with van der Waals surface area (Å²) in [6, 6.07) is 1.09. The molecule has 2 aliphatic rings. The molecule has 0 saturated carbocycles. The molecule has 4 heteroatoms. The van der Waals surface area contributed by atoms with Crippen molar-refractivity contribution in [1.82, 2.24) is 10.2 Å². The number of rotatable bonds is 2. The molecule has 0 aromatic rings. The summed E-state index contributed by atoms with van der Waals surface area (Å²) in [5, 5.41) is 12.1. The summed E-state index contributed by atoms with van der Waals surface area (Å²) >= 11 is 0. The lowest BCUT2D eigenvalue weighted by atomic mass is 10.2. The summed E-state index contributed by atoms with van der Waals surface area (Å²) in [5.41, 5.74) is 0. The van der Waals surface area contributed by atoms with Gasteiger partial charge in [0.05, 0.1) is 6.54 Å². The highest BCUT2D eigenvalue weighted by Gasteiger charge is 2.32. The van der Waals surface area contributed by atoms with Crippen molar-refractivity contribution < 1.29 is 9.90 Å². The molecule has 0 radical (unpaired) electrons. The van der Waals surface area contributed by atoms with Gasteiger partial charge in [-0.3, -0.25) is 9.69 Å². The van der Waals surface area contributed by atoms with Crippen LogP contribution in [0.5, 0.6) is 0 Å². The van der Waals surface area contributed by atoms with Crippen molar-refractivity contribution >= 4 is 5.97 Å². The molecule has 2 atom stereocenters. The van der Waals surface area contributed by atoms with E-state index in [1.807, 2.05) is 4.90 Å². The van der Waals surface area contributed by atoms with Crippen LogP contribution in [0.1, 0.15) is 12.8 Å². The minimum absolute atomic E-state index is 0.203. The standard InChI is InChI=1S/C8H14N2O2/c11-8(12)5-10-3-6-1-2-7(4-10)9-6/h6-7,9H,1-5H2,(H,11,12). The molecule has 2 fully saturated rings. The van der Waals surface area contributed by atoms with Crippen molar-refractivity contribution in [3.8, 4) is 0 Å². The van der Waals surface area contributed by atoms with Crippen LogP contribution >= 0.6 is 0 Å². The molecule has 0 spiro atoms. The Hall–Kier alpha value is -0.610. The SMILES string of the molecule is O=C(O)CN1CC2CCC(C1)N2. The Morgan fingerprint density at radius 1 is 1.42 bits per heavy atom. The Morgan fingerprint density at radius 3 is 2.50 bits per heavy atom. The number of nitrogens with one attached hydrogen (secondary N) is 1. The molecule has 4 nitrogen and oxygen atoms in total. The van der Waals surface area contributed by atoms with Gasteiger partial charge in [-0.1, -0.05) is 0 Å². The van der Waals surface area contributed by atoms with E-state index in [1.54, 1.807) is 0 Å². The largest absolute Gasteiger partial charge is 0.480 e. The zero-order chi connectivity index (χ0) is 8.55. The first-order valence-corrected chi connectivity index (χ1v) is 4.44. The number of fused-ring (bicyclic) bond motifs is 2. The van der Waals surface area contributed by atoms with E-state index in [0.717, 1.165) is 13.1 Å². The van der Waals surface area contributed by atoms with E-state index in [1.165, 1.54) is 12.8 Å². The number of carbonyl (C=O) groups is 1. The number of carboxylic acids is 1. The lowest BCUT2D eigenvalue weighted by Gasteiger charge is -2.31. The maximum Gasteiger partial charge on any atom is 0.317 e. The molecule has 2 unspecified atom stereocenters. The van der Waals surface area contributed by atoms with Crippen LogP contribution in [-0.4, -0.2) is 47.7 Å². The minimum Gasteiger partial charge on any atom is -0.480 e. The molecule has 2 saturated heterocycles. The van der Waals surface area contributed by atoms with Gasteiger partial charge in [0.1, 0.15) is 0 Å². The number of likely N-dealkylation sites (tertiary alicyclic amines) is 1. The Labute approximate surface area is 71.5 Å². The molecule has 12 heavy (non-hydrogen) atoms. The molecule has 2 heterocycles. The fourth-order valence-electron chi connectivity index (χ4n) is 2.21. The number of hydrogen-bond acceptors (Lipinski definition) is 3. The van der Waals surface area contributed by atoms with E-state index in [-0.39, 0.29) is 6.54 Å². The van der Waals surface area contributed by atoms with Gasteiger partial charge < -0.3 is 10.4 Å². The summed E-state index contributed by atoms with van der Waals surface area (Å²) in [6.07, 6.45) is 2.42. The number of nitrogens with zero attached hydrogens (tertiary/aromatic N) is 1. The molecule has 0 aromatic heterocycles. The third kappa shape index (κ3) is 1.59. The Kier molecular flexibility index (Phi) is 2.02. The van der Waals surface area contributed by atoms with Crippen LogP contribution in [0.2, 0.25) is 0 Å². The van der Waals surface area contributed by atoms with Crippen molar-refractivity contribution in [1.29, 1.82) is 0 Å². The minimum atomic E-state index is -0.712. The fraction of sp³-hybridized carbons (Fsp3) is 0.875. The summed E-state index contributed by atoms with van der Waals surface area (Å²) in [7, 11) is 0. The molecule has 2 aliphatic heterocycles. The first-order chi connectivity index (χ1) is 5.74. The topological polar surface area (TPSA) is 52.6 Å². The molecular formula is C8H14N2O2. The van der Waals surface area contributed by atoms with Crippen LogP contribution in [0, 0.1) is 0 Å². The maximum atomic E-state index is 10.4. The smallest absolute Gasteiger partial charge is 0.317 e. The first-order valence-electron chi connectivity index (χ1n) is 4.44. The van der Waals surface area contributed by atoms with Crippen LogP contribution in [0.15, 0.2) is 0 Å². The monoisotopic (exact) mass is 170 g/mol. The lowest BCUT2D eigenvalue weighted by molar-refractivity contribution is -0.138. The van der Waals surface area contributed by atoms with Crippen LogP contribution in [0.25, 0.3) is 0 Å². The second-order valence-corrected chi connectivity index (χ2v) is 3.73. The third-order valence-corrected chi connectivity index (χ3v) is 2.65. The average Bonchev–Trinajstić information content (AvgIpc) is 2.29. The predicted molar refractivity (Wildman–Crippen MR) is 44.0 cm³/mol. The van der Waals surface area contributed by atoms with Crippen molar-refractivity contribution in [3.05, 3.63) is 0 Å². The number of aliphatic carboxylic acids is 1. The van der Waals surface area contributed by atoms with Gasteiger partial charge in [-0.05, 0) is 12.8 Å². The van der Waals surface area contributed by atoms with Gasteiger partial charge in [-0.15, -0.1) is 0 Å². The highest BCUT2D eigenvalue weighted by atomic mass is 16.4. The zero-order valence-corrected chi connectivity index (χ0v) is 6.99. The van der Waals surface area contributed by atoms with Gasteiger partial charge in [0, 0.05) is 25.2 Å². The van der Waals surface area contributed by atoms with E-state index < -0.39 is 5.97 Å². The number of hydrogen-bond donors (Lipinski definition) is 2. The molecule has 2 bridgehead atoms. The van der Waals surface area contributed by atoms with Crippen molar-refractivity contribution in [2.45, 2.75) is 24.9 Å². The van der Waals surface area contributed by atoms with Gasteiger partial charge in [-0.2, -0.15) is 0 Å². The van der Waals surface area contributed by atoms with E-state index in [2.05, 4.69) is 5.32 Å². The number of carboxylic acid groups (broad SMARTS) is 1. The predicted octanol–water partition coefficient (Wildman–Crippen LogP) is -0.493. The second-order valence-electron chi connectivity index (χ2n) is 3.73. The van der Waals surface area contributed by atoms with Crippen LogP contribution in [0.4, 0.5) is 0 Å². The van der Waals surface area contributed by atoms with Gasteiger partial charge in [0.15, 0.2) is 0 Å². The quantitative estimate of drug-likeness (QED) is 0.587. The van der Waals surface area contributed by atoms with Crippen LogP contribution in [0.3, 0.4) is 0 Å². The molecule has 0 aliphatic carbocycles. The van der Waals surface area contributed by atoms with Crippen molar-refractivity contribution in [2.75, 3.05) is 19.6 Å². The van der Waals surface area contributed by atoms with Gasteiger partial charge in [0.25, 0.3) is 0 Å². The van der Waals surface area contributed by atoms with E-state index in [4.69, 9.17) is 5.11 Å². The summed E-state index contributed by atoms with van der Waals surface area (Å²) in [4.78, 5) is 12.5. The van der Waals surface area contributed by atoms with E-state index >= 15 is 0 Å². The summed E-state index contributed by atoms with van der Waals surface area (Å²) in [6.45, 7) is 2.01. The van der Waals surface area contributed by atoms with Crippen molar-refractivity contribution in [3.63, 3.8) is 0 Å². The van der Waals surface area contributed by atoms with Gasteiger partial charge in [0.2, 0.25) is 0 Å². The molecule has 0 amide bonds.